The van der Waals surface area contributed by atoms with Gasteiger partial charge in [-0.05, 0) is 18.6 Å². The van der Waals surface area contributed by atoms with E-state index in [1.807, 2.05) is 37.3 Å². The van der Waals surface area contributed by atoms with Gasteiger partial charge in [0.2, 0.25) is 5.91 Å². The highest BCUT2D eigenvalue weighted by Gasteiger charge is 2.02. The second-order valence-corrected chi connectivity index (χ2v) is 3.61. The van der Waals surface area contributed by atoms with E-state index in [1.54, 1.807) is 13.2 Å². The van der Waals surface area contributed by atoms with Gasteiger partial charge in [-0.3, -0.25) is 4.79 Å². The maximum Gasteiger partial charge on any atom is 0.244 e. The Morgan fingerprint density at radius 3 is 2.75 bits per heavy atom. The molecule has 0 spiro atoms. The Hall–Kier alpha value is -1.61. The molecule has 0 heterocycles. The summed E-state index contributed by atoms with van der Waals surface area (Å²) in [6.45, 7) is 2.42. The van der Waals surface area contributed by atoms with Crippen LogP contribution in [0.2, 0.25) is 0 Å². The summed E-state index contributed by atoms with van der Waals surface area (Å²) in [5.74, 6) is -0.103. The van der Waals surface area contributed by atoms with Crippen LogP contribution < -0.4 is 5.32 Å². The highest BCUT2D eigenvalue weighted by atomic mass is 16.5. The monoisotopic (exact) mass is 219 g/mol. The van der Waals surface area contributed by atoms with E-state index in [0.717, 1.165) is 5.56 Å². The largest absolute Gasteiger partial charge is 0.383 e. The number of carbonyl (C=O) groups is 1. The molecular formula is C13H17NO2. The van der Waals surface area contributed by atoms with Crippen LogP contribution in [0.15, 0.2) is 36.4 Å². The summed E-state index contributed by atoms with van der Waals surface area (Å²) in [5, 5.41) is 2.80. The molecule has 0 bridgehead atoms. The summed E-state index contributed by atoms with van der Waals surface area (Å²) in [5.41, 5.74) is 1.01. The summed E-state index contributed by atoms with van der Waals surface area (Å²) < 4.78 is 4.93. The smallest absolute Gasteiger partial charge is 0.244 e. The van der Waals surface area contributed by atoms with E-state index in [4.69, 9.17) is 4.74 Å². The van der Waals surface area contributed by atoms with Crippen molar-refractivity contribution in [3.05, 3.63) is 42.0 Å². The molecule has 0 fully saturated rings. The first kappa shape index (κ1) is 12.5. The van der Waals surface area contributed by atoms with Gasteiger partial charge in [-0.15, -0.1) is 0 Å². The SMILES string of the molecule is COC[C@H](C)NC(=O)/C=C/c1ccccc1. The summed E-state index contributed by atoms with van der Waals surface area (Å²) >= 11 is 0. The molecule has 0 saturated carbocycles. The Labute approximate surface area is 96.1 Å². The molecule has 1 N–H and O–H groups in total. The molecule has 86 valence electrons. The summed E-state index contributed by atoms with van der Waals surface area (Å²) in [4.78, 5) is 11.4. The topological polar surface area (TPSA) is 38.3 Å². The van der Waals surface area contributed by atoms with Gasteiger partial charge in [0.15, 0.2) is 0 Å². The van der Waals surface area contributed by atoms with Crippen LogP contribution in [-0.2, 0) is 9.53 Å². The van der Waals surface area contributed by atoms with E-state index in [-0.39, 0.29) is 11.9 Å². The van der Waals surface area contributed by atoms with Gasteiger partial charge < -0.3 is 10.1 Å². The fourth-order valence-corrected chi connectivity index (χ4v) is 1.32. The quantitative estimate of drug-likeness (QED) is 0.767. The molecule has 3 nitrogen and oxygen atoms in total. The fourth-order valence-electron chi connectivity index (χ4n) is 1.32. The molecule has 3 heteroatoms. The van der Waals surface area contributed by atoms with Gasteiger partial charge in [-0.25, -0.2) is 0 Å². The van der Waals surface area contributed by atoms with Crippen molar-refractivity contribution in [3.8, 4) is 0 Å². The molecule has 1 aromatic carbocycles. The van der Waals surface area contributed by atoms with Crippen LogP contribution >= 0.6 is 0 Å². The molecule has 1 amide bonds. The number of hydrogen-bond acceptors (Lipinski definition) is 2. The van der Waals surface area contributed by atoms with E-state index >= 15 is 0 Å². The Bertz CT molecular complexity index is 346. The molecule has 1 aromatic rings. The van der Waals surface area contributed by atoms with Crippen LogP contribution in [0.25, 0.3) is 6.08 Å². The van der Waals surface area contributed by atoms with Crippen LogP contribution in [0, 0.1) is 0 Å². The third-order valence-corrected chi connectivity index (χ3v) is 2.03. The minimum Gasteiger partial charge on any atom is -0.383 e. The maximum absolute atomic E-state index is 11.4. The van der Waals surface area contributed by atoms with Crippen LogP contribution in [0.4, 0.5) is 0 Å². The normalized spacial score (nSPS) is 12.6. The lowest BCUT2D eigenvalue weighted by atomic mass is 10.2. The van der Waals surface area contributed by atoms with E-state index in [9.17, 15) is 4.79 Å². The van der Waals surface area contributed by atoms with Crippen molar-refractivity contribution >= 4 is 12.0 Å². The van der Waals surface area contributed by atoms with Crippen LogP contribution in [0.5, 0.6) is 0 Å². The minimum atomic E-state index is -0.103. The van der Waals surface area contributed by atoms with Gasteiger partial charge in [0, 0.05) is 19.2 Å². The number of carbonyl (C=O) groups excluding carboxylic acids is 1. The third-order valence-electron chi connectivity index (χ3n) is 2.03. The lowest BCUT2D eigenvalue weighted by molar-refractivity contribution is -0.117. The van der Waals surface area contributed by atoms with Crippen molar-refractivity contribution in [1.29, 1.82) is 0 Å². The first-order valence-electron chi connectivity index (χ1n) is 5.25. The number of rotatable bonds is 5. The van der Waals surface area contributed by atoms with Gasteiger partial charge in [-0.2, -0.15) is 0 Å². The molecule has 0 radical (unpaired) electrons. The van der Waals surface area contributed by atoms with Gasteiger partial charge >= 0.3 is 0 Å². The number of nitrogens with one attached hydrogen (secondary N) is 1. The van der Waals surface area contributed by atoms with Crippen molar-refractivity contribution in [2.75, 3.05) is 13.7 Å². The van der Waals surface area contributed by atoms with Crippen LogP contribution in [0.1, 0.15) is 12.5 Å². The zero-order valence-corrected chi connectivity index (χ0v) is 9.64. The molecule has 1 rings (SSSR count). The van der Waals surface area contributed by atoms with Crippen molar-refractivity contribution in [1.82, 2.24) is 5.32 Å². The summed E-state index contributed by atoms with van der Waals surface area (Å²) in [7, 11) is 1.61. The fraction of sp³-hybridized carbons (Fsp3) is 0.308. The Kier molecular flexibility index (Phi) is 5.29. The van der Waals surface area contributed by atoms with Crippen molar-refractivity contribution in [2.24, 2.45) is 0 Å². The van der Waals surface area contributed by atoms with Gasteiger partial charge in [0.05, 0.1) is 6.61 Å². The molecule has 0 aliphatic carbocycles. The average molecular weight is 219 g/mol. The standard InChI is InChI=1S/C13H17NO2/c1-11(10-16-2)14-13(15)9-8-12-6-4-3-5-7-12/h3-9,11H,10H2,1-2H3,(H,14,15)/b9-8+/t11-/m0/s1. The lowest BCUT2D eigenvalue weighted by Gasteiger charge is -2.10. The highest BCUT2D eigenvalue weighted by Crippen LogP contribution is 2.00. The predicted octanol–water partition coefficient (Wildman–Crippen LogP) is 1.85. The molecule has 0 aromatic heterocycles. The Morgan fingerprint density at radius 1 is 1.44 bits per heavy atom. The van der Waals surface area contributed by atoms with Gasteiger partial charge in [0.1, 0.15) is 0 Å². The zero-order chi connectivity index (χ0) is 11.8. The van der Waals surface area contributed by atoms with Crippen LogP contribution in [0.3, 0.4) is 0 Å². The van der Waals surface area contributed by atoms with Gasteiger partial charge in [0.25, 0.3) is 0 Å². The van der Waals surface area contributed by atoms with E-state index in [2.05, 4.69) is 5.32 Å². The second kappa shape index (κ2) is 6.80. The molecule has 0 unspecified atom stereocenters. The second-order valence-electron chi connectivity index (χ2n) is 3.61. The molecular weight excluding hydrogens is 202 g/mol. The van der Waals surface area contributed by atoms with E-state index in [0.29, 0.717) is 6.61 Å². The highest BCUT2D eigenvalue weighted by molar-refractivity contribution is 5.91. The molecule has 0 aliphatic rings. The Balaban J connectivity index is 2.42. The molecule has 0 saturated heterocycles. The molecule has 16 heavy (non-hydrogen) atoms. The van der Waals surface area contributed by atoms with E-state index in [1.165, 1.54) is 6.08 Å². The number of ether oxygens (including phenoxy) is 1. The zero-order valence-electron chi connectivity index (χ0n) is 9.64. The minimum absolute atomic E-state index is 0.0259. The lowest BCUT2D eigenvalue weighted by Crippen LogP contribution is -2.34. The number of amides is 1. The van der Waals surface area contributed by atoms with Crippen molar-refractivity contribution < 1.29 is 9.53 Å². The average Bonchev–Trinajstić information content (AvgIpc) is 2.28. The van der Waals surface area contributed by atoms with E-state index < -0.39 is 0 Å². The first-order chi connectivity index (χ1) is 7.72. The summed E-state index contributed by atoms with van der Waals surface area (Å²) in [6, 6.07) is 9.73. The first-order valence-corrected chi connectivity index (χ1v) is 5.25. The van der Waals surface area contributed by atoms with Gasteiger partial charge in [-0.1, -0.05) is 30.3 Å². The number of hydrogen-bond donors (Lipinski definition) is 1. The number of benzene rings is 1. The summed E-state index contributed by atoms with van der Waals surface area (Å²) in [6.07, 6.45) is 3.32. The molecule has 0 aliphatic heterocycles. The predicted molar refractivity (Wildman–Crippen MR) is 65.0 cm³/mol. The van der Waals surface area contributed by atoms with Crippen LogP contribution in [-0.4, -0.2) is 25.7 Å². The maximum atomic E-state index is 11.4. The van der Waals surface area contributed by atoms with Crippen molar-refractivity contribution in [2.45, 2.75) is 13.0 Å². The Morgan fingerprint density at radius 2 is 2.12 bits per heavy atom. The molecule has 1 atom stereocenters. The van der Waals surface area contributed by atoms with Crippen molar-refractivity contribution in [3.63, 3.8) is 0 Å². The number of methoxy groups -OCH3 is 1. The third kappa shape index (κ3) is 4.75.